The number of hydrazine groups is 1. The molecule has 2 amide bonds. The quantitative estimate of drug-likeness (QED) is 0.791. The molecule has 0 fully saturated rings. The molecule has 7 heteroatoms. The standard InChI is InChI=1S/C18H24N2O4S/c1-18(2,3)12-4-5-14-11(8-12)9-15(25-14)17(22)20-19-16(21)13-10-23-6-7-24-13/h9-10,12H,4-8H2,1-3H3,(H,19,21)(H,20,22). The average molecular weight is 364 g/mol. The number of carbonyl (C=O) groups is 2. The number of thiophene rings is 1. The maximum Gasteiger partial charge on any atom is 0.308 e. The predicted octanol–water partition coefficient (Wildman–Crippen LogP) is 2.55. The minimum atomic E-state index is -0.526. The number of fused-ring (bicyclic) bond motifs is 1. The maximum absolute atomic E-state index is 12.3. The third-order valence-corrected chi connectivity index (χ3v) is 5.93. The van der Waals surface area contributed by atoms with Gasteiger partial charge in [-0.15, -0.1) is 11.3 Å². The van der Waals surface area contributed by atoms with Crippen molar-refractivity contribution in [3.05, 3.63) is 33.4 Å². The molecule has 1 atom stereocenters. The molecule has 3 rings (SSSR count). The molecule has 0 saturated heterocycles. The average Bonchev–Trinajstić information content (AvgIpc) is 3.02. The third-order valence-electron chi connectivity index (χ3n) is 4.69. The molecule has 2 aliphatic rings. The molecule has 2 N–H and O–H groups in total. The van der Waals surface area contributed by atoms with Crippen molar-refractivity contribution in [1.29, 1.82) is 0 Å². The van der Waals surface area contributed by atoms with Crippen LogP contribution in [0.1, 0.15) is 47.3 Å². The lowest BCUT2D eigenvalue weighted by Gasteiger charge is -2.33. The van der Waals surface area contributed by atoms with Crippen LogP contribution < -0.4 is 10.9 Å². The summed E-state index contributed by atoms with van der Waals surface area (Å²) in [6, 6.07) is 1.96. The lowest BCUT2D eigenvalue weighted by Crippen LogP contribution is -2.42. The summed E-state index contributed by atoms with van der Waals surface area (Å²) in [6.07, 6.45) is 4.43. The lowest BCUT2D eigenvalue weighted by atomic mass is 9.72. The zero-order valence-electron chi connectivity index (χ0n) is 14.8. The van der Waals surface area contributed by atoms with Gasteiger partial charge in [-0.2, -0.15) is 0 Å². The van der Waals surface area contributed by atoms with Crippen LogP contribution in [0.25, 0.3) is 0 Å². The first-order valence-electron chi connectivity index (χ1n) is 8.51. The van der Waals surface area contributed by atoms with E-state index >= 15 is 0 Å². The van der Waals surface area contributed by atoms with Gasteiger partial charge in [0, 0.05) is 4.88 Å². The highest BCUT2D eigenvalue weighted by atomic mass is 32.1. The second-order valence-electron chi connectivity index (χ2n) is 7.47. The van der Waals surface area contributed by atoms with E-state index in [1.807, 2.05) is 6.07 Å². The fourth-order valence-corrected chi connectivity index (χ4v) is 4.20. The number of hydrogen-bond acceptors (Lipinski definition) is 5. The van der Waals surface area contributed by atoms with Crippen molar-refractivity contribution in [3.8, 4) is 0 Å². The SMILES string of the molecule is CC(C)(C)C1CCc2sc(C(=O)NNC(=O)C3=COCCO3)cc2C1. The highest BCUT2D eigenvalue weighted by Crippen LogP contribution is 2.40. The van der Waals surface area contributed by atoms with Gasteiger partial charge in [-0.1, -0.05) is 20.8 Å². The van der Waals surface area contributed by atoms with Crippen LogP contribution in [-0.2, 0) is 27.1 Å². The van der Waals surface area contributed by atoms with Crippen LogP contribution in [0.15, 0.2) is 18.1 Å². The van der Waals surface area contributed by atoms with Gasteiger partial charge in [0.25, 0.3) is 5.91 Å². The largest absolute Gasteiger partial charge is 0.494 e. The Morgan fingerprint density at radius 2 is 1.96 bits per heavy atom. The second-order valence-corrected chi connectivity index (χ2v) is 8.61. The summed E-state index contributed by atoms with van der Waals surface area (Å²) >= 11 is 1.51. The van der Waals surface area contributed by atoms with Crippen molar-refractivity contribution in [2.24, 2.45) is 11.3 Å². The molecular weight excluding hydrogens is 340 g/mol. The van der Waals surface area contributed by atoms with E-state index in [-0.39, 0.29) is 17.1 Å². The van der Waals surface area contributed by atoms with E-state index in [9.17, 15) is 9.59 Å². The predicted molar refractivity (Wildman–Crippen MR) is 94.9 cm³/mol. The molecule has 136 valence electrons. The number of ether oxygens (including phenoxy) is 2. The zero-order valence-corrected chi connectivity index (χ0v) is 15.6. The molecular formula is C18H24N2O4S. The van der Waals surface area contributed by atoms with Crippen LogP contribution >= 0.6 is 11.3 Å². The Hall–Kier alpha value is -2.02. The normalized spacial score (nSPS) is 19.8. The molecule has 0 saturated carbocycles. The van der Waals surface area contributed by atoms with Gasteiger partial charge < -0.3 is 9.47 Å². The van der Waals surface area contributed by atoms with Gasteiger partial charge in [0.05, 0.1) is 4.88 Å². The van der Waals surface area contributed by atoms with E-state index in [4.69, 9.17) is 9.47 Å². The Balaban J connectivity index is 1.60. The Labute approximate surface area is 151 Å². The van der Waals surface area contributed by atoms with E-state index < -0.39 is 5.91 Å². The lowest BCUT2D eigenvalue weighted by molar-refractivity contribution is -0.123. The van der Waals surface area contributed by atoms with Gasteiger partial charge >= 0.3 is 5.91 Å². The fourth-order valence-electron chi connectivity index (χ4n) is 3.10. The summed E-state index contributed by atoms with van der Waals surface area (Å²) in [4.78, 5) is 26.1. The highest BCUT2D eigenvalue weighted by Gasteiger charge is 2.30. The molecule has 2 heterocycles. The fraction of sp³-hybridized carbons (Fsp3) is 0.556. The molecule has 0 aromatic carbocycles. The Kier molecular flexibility index (Phi) is 5.03. The van der Waals surface area contributed by atoms with Gasteiger partial charge in [0.15, 0.2) is 0 Å². The molecule has 1 aliphatic heterocycles. The Bertz CT molecular complexity index is 702. The smallest absolute Gasteiger partial charge is 0.308 e. The number of hydrogen-bond donors (Lipinski definition) is 2. The molecule has 0 radical (unpaired) electrons. The minimum Gasteiger partial charge on any atom is -0.494 e. The molecule has 0 spiro atoms. The van der Waals surface area contributed by atoms with Crippen LogP contribution in [0.2, 0.25) is 0 Å². The Morgan fingerprint density at radius 3 is 2.64 bits per heavy atom. The monoisotopic (exact) mass is 364 g/mol. The molecule has 1 unspecified atom stereocenters. The molecule has 0 bridgehead atoms. The van der Waals surface area contributed by atoms with Crippen molar-refractivity contribution in [1.82, 2.24) is 10.9 Å². The van der Waals surface area contributed by atoms with Crippen molar-refractivity contribution in [2.45, 2.75) is 40.0 Å². The second kappa shape index (κ2) is 7.07. The molecule has 1 aromatic rings. The van der Waals surface area contributed by atoms with Gasteiger partial charge in [0.2, 0.25) is 5.76 Å². The summed E-state index contributed by atoms with van der Waals surface area (Å²) in [5.74, 6) is -0.148. The summed E-state index contributed by atoms with van der Waals surface area (Å²) in [5, 5.41) is 0. The number of carbonyl (C=O) groups excluding carboxylic acids is 2. The topological polar surface area (TPSA) is 76.7 Å². The van der Waals surface area contributed by atoms with Crippen molar-refractivity contribution < 1.29 is 19.1 Å². The van der Waals surface area contributed by atoms with Gasteiger partial charge in [-0.3, -0.25) is 20.4 Å². The number of amides is 2. The highest BCUT2D eigenvalue weighted by molar-refractivity contribution is 7.14. The first-order chi connectivity index (χ1) is 11.8. The van der Waals surface area contributed by atoms with Crippen LogP contribution in [0.4, 0.5) is 0 Å². The van der Waals surface area contributed by atoms with Crippen LogP contribution in [0.5, 0.6) is 0 Å². The van der Waals surface area contributed by atoms with Crippen LogP contribution in [-0.4, -0.2) is 25.0 Å². The van der Waals surface area contributed by atoms with Crippen molar-refractivity contribution >= 4 is 23.2 Å². The maximum atomic E-state index is 12.3. The van der Waals surface area contributed by atoms with Gasteiger partial charge in [0.1, 0.15) is 19.5 Å². The molecule has 25 heavy (non-hydrogen) atoms. The Morgan fingerprint density at radius 1 is 1.20 bits per heavy atom. The molecule has 6 nitrogen and oxygen atoms in total. The summed E-state index contributed by atoms with van der Waals surface area (Å²) in [5.41, 5.74) is 6.33. The van der Waals surface area contributed by atoms with Crippen LogP contribution in [0, 0.1) is 11.3 Å². The van der Waals surface area contributed by atoms with Gasteiger partial charge in [-0.05, 0) is 42.2 Å². The van der Waals surface area contributed by atoms with E-state index in [1.54, 1.807) is 0 Å². The molecule has 1 aromatic heterocycles. The third kappa shape index (κ3) is 4.15. The minimum absolute atomic E-state index is 0.0602. The summed E-state index contributed by atoms with van der Waals surface area (Å²) in [6.45, 7) is 7.54. The summed E-state index contributed by atoms with van der Waals surface area (Å²) < 4.78 is 10.2. The van der Waals surface area contributed by atoms with E-state index in [0.29, 0.717) is 24.0 Å². The van der Waals surface area contributed by atoms with Crippen molar-refractivity contribution in [2.75, 3.05) is 13.2 Å². The molecule has 1 aliphatic carbocycles. The number of rotatable bonds is 2. The first kappa shape index (κ1) is 17.8. The number of aryl methyl sites for hydroxylation is 1. The van der Waals surface area contributed by atoms with E-state index in [1.165, 1.54) is 28.0 Å². The van der Waals surface area contributed by atoms with Crippen molar-refractivity contribution in [3.63, 3.8) is 0 Å². The zero-order chi connectivity index (χ0) is 18.0. The van der Waals surface area contributed by atoms with Gasteiger partial charge in [-0.25, -0.2) is 0 Å². The number of nitrogens with one attached hydrogen (secondary N) is 2. The first-order valence-corrected chi connectivity index (χ1v) is 9.33. The summed E-state index contributed by atoms with van der Waals surface area (Å²) in [7, 11) is 0. The van der Waals surface area contributed by atoms with E-state index in [0.717, 1.165) is 19.3 Å². The van der Waals surface area contributed by atoms with Crippen LogP contribution in [0.3, 0.4) is 0 Å². The van der Waals surface area contributed by atoms with E-state index in [2.05, 4.69) is 31.6 Å².